The third kappa shape index (κ3) is 3.63. The van der Waals surface area contributed by atoms with Gasteiger partial charge in [-0.1, -0.05) is 11.6 Å². The molecule has 0 aliphatic carbocycles. The summed E-state index contributed by atoms with van der Waals surface area (Å²) in [5.74, 6) is -0.795. The third-order valence-corrected chi connectivity index (χ3v) is 2.37. The van der Waals surface area contributed by atoms with Crippen LogP contribution in [0.3, 0.4) is 0 Å². The Balaban J connectivity index is 2.89. The fourth-order valence-corrected chi connectivity index (χ4v) is 1.03. The van der Waals surface area contributed by atoms with E-state index in [1.807, 2.05) is 0 Å². The number of rotatable bonds is 4. The van der Waals surface area contributed by atoms with Crippen molar-refractivity contribution < 1.29 is 9.72 Å². The van der Waals surface area contributed by atoms with E-state index < -0.39 is 10.8 Å². The minimum Gasteiger partial charge on any atom is -0.365 e. The van der Waals surface area contributed by atoms with Gasteiger partial charge in [0.1, 0.15) is 5.03 Å². The van der Waals surface area contributed by atoms with Gasteiger partial charge >= 0.3 is 0 Å². The molecule has 94 valence electrons. The smallest absolute Gasteiger partial charge is 0.269 e. The largest absolute Gasteiger partial charge is 0.365 e. The Kier molecular flexibility index (Phi) is 4.50. The van der Waals surface area contributed by atoms with Gasteiger partial charge in [-0.15, -0.1) is 0 Å². The highest BCUT2D eigenvalue weighted by molar-refractivity contribution is 6.42. The molecule has 1 rings (SSSR count). The number of amides is 1. The first-order valence-corrected chi connectivity index (χ1v) is 5.12. The first kappa shape index (κ1) is 13.8. The van der Waals surface area contributed by atoms with Gasteiger partial charge < -0.3 is 5.73 Å². The van der Waals surface area contributed by atoms with Gasteiger partial charge in [-0.3, -0.25) is 14.9 Å². The number of carbonyl (C=O) groups excluding carboxylic acids is 1. The van der Waals surface area contributed by atoms with Crippen molar-refractivity contribution >= 4 is 28.9 Å². The lowest BCUT2D eigenvalue weighted by Gasteiger charge is -1.95. The molecule has 1 aromatic carbocycles. The van der Waals surface area contributed by atoms with Gasteiger partial charge in [-0.25, -0.2) is 0 Å². The van der Waals surface area contributed by atoms with E-state index in [1.165, 1.54) is 31.2 Å². The van der Waals surface area contributed by atoms with Crippen molar-refractivity contribution in [2.24, 2.45) is 16.0 Å². The number of azo groups is 1. The molecule has 0 saturated heterocycles. The number of nitro benzene ring substituents is 1. The topological polar surface area (TPSA) is 111 Å². The number of hydrogen-bond donors (Lipinski definition) is 1. The van der Waals surface area contributed by atoms with Gasteiger partial charge in [0.2, 0.25) is 0 Å². The average molecular weight is 269 g/mol. The summed E-state index contributed by atoms with van der Waals surface area (Å²) in [6.07, 6.45) is 0. The summed E-state index contributed by atoms with van der Waals surface area (Å²) in [6, 6.07) is 5.44. The van der Waals surface area contributed by atoms with Gasteiger partial charge in [0, 0.05) is 12.1 Å². The van der Waals surface area contributed by atoms with Crippen molar-refractivity contribution in [3.63, 3.8) is 0 Å². The van der Waals surface area contributed by atoms with Crippen LogP contribution in [0.25, 0.3) is 0 Å². The molecule has 7 nitrogen and oxygen atoms in total. The summed E-state index contributed by atoms with van der Waals surface area (Å²) in [5.41, 5.74) is 5.47. The van der Waals surface area contributed by atoms with Crippen LogP contribution in [0.5, 0.6) is 0 Å². The van der Waals surface area contributed by atoms with Gasteiger partial charge in [0.25, 0.3) is 11.6 Å². The van der Waals surface area contributed by atoms with Gasteiger partial charge in [-0.05, 0) is 19.1 Å². The summed E-state index contributed by atoms with van der Waals surface area (Å²) in [7, 11) is 0. The number of benzene rings is 1. The van der Waals surface area contributed by atoms with E-state index in [0.717, 1.165) is 0 Å². The number of non-ortho nitro benzene ring substituents is 1. The van der Waals surface area contributed by atoms with Crippen LogP contribution in [-0.2, 0) is 4.79 Å². The van der Waals surface area contributed by atoms with Crippen LogP contribution < -0.4 is 5.73 Å². The van der Waals surface area contributed by atoms with Crippen LogP contribution in [0.2, 0.25) is 0 Å². The van der Waals surface area contributed by atoms with E-state index in [0.29, 0.717) is 5.69 Å². The maximum atomic E-state index is 10.7. The zero-order valence-electron chi connectivity index (χ0n) is 9.33. The average Bonchev–Trinajstić information content (AvgIpc) is 2.35. The van der Waals surface area contributed by atoms with Crippen molar-refractivity contribution in [2.45, 2.75) is 6.92 Å². The number of carbonyl (C=O) groups is 1. The molecule has 0 heterocycles. The molecule has 0 aliphatic heterocycles. The number of allylic oxidation sites excluding steroid dienone is 1. The number of halogens is 1. The molecular formula is C10H9ClN4O3. The van der Waals surface area contributed by atoms with Crippen molar-refractivity contribution in [1.82, 2.24) is 0 Å². The second-order valence-corrected chi connectivity index (χ2v) is 3.62. The highest BCUT2D eigenvalue weighted by Crippen LogP contribution is 2.20. The SMILES string of the molecule is C/C(N=Nc1ccc([N+](=O)[O-])cc1)=C(\Cl)C(N)=O. The van der Waals surface area contributed by atoms with E-state index >= 15 is 0 Å². The highest BCUT2D eigenvalue weighted by atomic mass is 35.5. The number of nitrogens with zero attached hydrogens (tertiary/aromatic N) is 3. The predicted octanol–water partition coefficient (Wildman–Crippen LogP) is 2.63. The Labute approximate surface area is 107 Å². The summed E-state index contributed by atoms with van der Waals surface area (Å²) in [5, 5.41) is 17.7. The van der Waals surface area contributed by atoms with E-state index in [4.69, 9.17) is 17.3 Å². The molecule has 0 fully saturated rings. The minimum atomic E-state index is -0.795. The zero-order valence-corrected chi connectivity index (χ0v) is 10.1. The lowest BCUT2D eigenvalue weighted by Crippen LogP contribution is -2.11. The van der Waals surface area contributed by atoms with Crippen molar-refractivity contribution in [3.8, 4) is 0 Å². The number of primary amides is 1. The summed E-state index contributed by atoms with van der Waals surface area (Å²) >= 11 is 5.56. The summed E-state index contributed by atoms with van der Waals surface area (Å²) in [4.78, 5) is 20.6. The van der Waals surface area contributed by atoms with E-state index in [9.17, 15) is 14.9 Å². The van der Waals surface area contributed by atoms with Crippen LogP contribution in [0.1, 0.15) is 6.92 Å². The van der Waals surface area contributed by atoms with E-state index in [-0.39, 0.29) is 16.4 Å². The lowest BCUT2D eigenvalue weighted by atomic mass is 10.3. The monoisotopic (exact) mass is 268 g/mol. The first-order chi connectivity index (χ1) is 8.41. The second kappa shape index (κ2) is 5.87. The van der Waals surface area contributed by atoms with Crippen LogP contribution >= 0.6 is 11.6 Å². The number of nitrogens with two attached hydrogens (primary N) is 1. The molecule has 18 heavy (non-hydrogen) atoms. The van der Waals surface area contributed by atoms with Crippen molar-refractivity contribution in [1.29, 1.82) is 0 Å². The first-order valence-electron chi connectivity index (χ1n) is 4.74. The molecule has 0 aliphatic rings. The predicted molar refractivity (Wildman–Crippen MR) is 65.4 cm³/mol. The molecule has 0 aromatic heterocycles. The molecule has 0 bridgehead atoms. The molecular weight excluding hydrogens is 260 g/mol. The summed E-state index contributed by atoms with van der Waals surface area (Å²) in [6.45, 7) is 1.47. The van der Waals surface area contributed by atoms with Gasteiger partial charge in [-0.2, -0.15) is 10.2 Å². The van der Waals surface area contributed by atoms with Crippen LogP contribution in [0, 0.1) is 10.1 Å². The third-order valence-electron chi connectivity index (χ3n) is 1.91. The Morgan fingerprint density at radius 1 is 1.39 bits per heavy atom. The van der Waals surface area contributed by atoms with Crippen LogP contribution in [0.15, 0.2) is 45.2 Å². The fraction of sp³-hybridized carbons (Fsp3) is 0.100. The van der Waals surface area contributed by atoms with E-state index in [2.05, 4.69) is 10.2 Å². The highest BCUT2D eigenvalue weighted by Gasteiger charge is 2.05. The molecule has 0 radical (unpaired) electrons. The standard InChI is InChI=1S/C10H9ClN4O3/c1-6(9(11)10(12)16)13-14-7-2-4-8(5-3-7)15(17)18/h2-5H,1H3,(H2,12,16)/b9-6+,14-13?. The molecule has 1 amide bonds. The molecule has 2 N–H and O–H groups in total. The molecule has 0 saturated carbocycles. The Bertz CT molecular complexity index is 537. The van der Waals surface area contributed by atoms with Crippen LogP contribution in [0.4, 0.5) is 11.4 Å². The fourth-order valence-electron chi connectivity index (χ4n) is 0.996. The van der Waals surface area contributed by atoms with Crippen molar-refractivity contribution in [3.05, 3.63) is 45.1 Å². The lowest BCUT2D eigenvalue weighted by molar-refractivity contribution is -0.384. The van der Waals surface area contributed by atoms with Crippen LogP contribution in [-0.4, -0.2) is 10.8 Å². The van der Waals surface area contributed by atoms with Crippen molar-refractivity contribution in [2.75, 3.05) is 0 Å². The number of nitro groups is 1. The molecule has 0 unspecified atom stereocenters. The minimum absolute atomic E-state index is 0.0450. The molecule has 0 atom stereocenters. The van der Waals surface area contributed by atoms with Gasteiger partial charge in [0.05, 0.1) is 16.3 Å². The quantitative estimate of drug-likeness (QED) is 0.392. The molecule has 0 spiro atoms. The second-order valence-electron chi connectivity index (χ2n) is 3.24. The Morgan fingerprint density at radius 2 is 1.94 bits per heavy atom. The maximum absolute atomic E-state index is 10.7. The zero-order chi connectivity index (χ0) is 13.7. The summed E-state index contributed by atoms with van der Waals surface area (Å²) < 4.78 is 0. The normalized spacial score (nSPS) is 12.3. The maximum Gasteiger partial charge on any atom is 0.269 e. The van der Waals surface area contributed by atoms with E-state index in [1.54, 1.807) is 0 Å². The molecule has 8 heteroatoms. The Morgan fingerprint density at radius 3 is 2.39 bits per heavy atom. The van der Waals surface area contributed by atoms with Gasteiger partial charge in [0.15, 0.2) is 0 Å². The Hall–Kier alpha value is -2.28. The molecule has 1 aromatic rings. The number of hydrogen-bond acceptors (Lipinski definition) is 5.